The number of carbonyl (C=O) groups is 1. The van der Waals surface area contributed by atoms with Gasteiger partial charge in [-0.3, -0.25) is 4.79 Å². The highest BCUT2D eigenvalue weighted by Gasteiger charge is 2.17. The summed E-state index contributed by atoms with van der Waals surface area (Å²) < 4.78 is 14.5. The van der Waals surface area contributed by atoms with E-state index in [1.54, 1.807) is 13.0 Å². The Hall–Kier alpha value is -2.41. The maximum Gasteiger partial charge on any atom is 0.275 e. The highest BCUT2D eigenvalue weighted by Crippen LogP contribution is 2.20. The standard InChI is InChI=1S/C15H19FN4O2/c1-10-8-11(16)4-5-12(10)20-9-13(21)14(19-20)15(22)18-7-3-6-17-2/h4-5,8-9,17,21H,3,6-7H2,1-2H3,(H,18,22). The highest BCUT2D eigenvalue weighted by atomic mass is 19.1. The minimum Gasteiger partial charge on any atom is -0.504 e. The van der Waals surface area contributed by atoms with Gasteiger partial charge in [0.15, 0.2) is 11.4 Å². The van der Waals surface area contributed by atoms with Gasteiger partial charge < -0.3 is 15.7 Å². The van der Waals surface area contributed by atoms with Crippen LogP contribution in [0.1, 0.15) is 22.5 Å². The SMILES string of the molecule is CNCCCNC(=O)c1nn(-c2ccc(F)cc2C)cc1O. The molecule has 22 heavy (non-hydrogen) atoms. The number of hydrogen-bond donors (Lipinski definition) is 3. The van der Waals surface area contributed by atoms with E-state index >= 15 is 0 Å². The largest absolute Gasteiger partial charge is 0.504 e. The van der Waals surface area contributed by atoms with Crippen LogP contribution >= 0.6 is 0 Å². The Kier molecular flexibility index (Phi) is 5.11. The molecule has 1 aromatic carbocycles. The summed E-state index contributed by atoms with van der Waals surface area (Å²) in [5.41, 5.74) is 1.21. The Morgan fingerprint density at radius 2 is 2.18 bits per heavy atom. The van der Waals surface area contributed by atoms with Crippen molar-refractivity contribution < 1.29 is 14.3 Å². The third kappa shape index (κ3) is 3.62. The molecule has 1 amide bonds. The lowest BCUT2D eigenvalue weighted by Gasteiger charge is -2.05. The van der Waals surface area contributed by atoms with Crippen LogP contribution in [0.3, 0.4) is 0 Å². The number of aromatic nitrogens is 2. The fraction of sp³-hybridized carbons (Fsp3) is 0.333. The number of benzene rings is 1. The molecule has 7 heteroatoms. The Morgan fingerprint density at radius 3 is 2.86 bits per heavy atom. The fourth-order valence-electron chi connectivity index (χ4n) is 2.08. The summed E-state index contributed by atoms with van der Waals surface area (Å²) in [7, 11) is 1.83. The van der Waals surface area contributed by atoms with E-state index < -0.39 is 5.91 Å². The first-order valence-corrected chi connectivity index (χ1v) is 7.01. The summed E-state index contributed by atoms with van der Waals surface area (Å²) in [6.45, 7) is 3.01. The molecule has 0 aliphatic rings. The number of rotatable bonds is 6. The summed E-state index contributed by atoms with van der Waals surface area (Å²) in [6, 6.07) is 4.22. The molecule has 0 fully saturated rings. The molecule has 0 aliphatic carbocycles. The lowest BCUT2D eigenvalue weighted by Crippen LogP contribution is -2.27. The second-order valence-electron chi connectivity index (χ2n) is 4.95. The van der Waals surface area contributed by atoms with Crippen LogP contribution in [-0.4, -0.2) is 40.9 Å². The Balaban J connectivity index is 2.15. The Morgan fingerprint density at radius 1 is 1.41 bits per heavy atom. The molecular weight excluding hydrogens is 287 g/mol. The van der Waals surface area contributed by atoms with Gasteiger partial charge in [-0.05, 0) is 50.7 Å². The number of nitrogens with one attached hydrogen (secondary N) is 2. The summed E-state index contributed by atoms with van der Waals surface area (Å²) in [5.74, 6) is -0.998. The van der Waals surface area contributed by atoms with Crippen LogP contribution in [0, 0.1) is 12.7 Å². The van der Waals surface area contributed by atoms with Crippen molar-refractivity contribution >= 4 is 5.91 Å². The minimum atomic E-state index is -0.438. The Bertz CT molecular complexity index is 670. The molecule has 1 aromatic heterocycles. The molecule has 2 rings (SSSR count). The average Bonchev–Trinajstić information content (AvgIpc) is 2.85. The van der Waals surface area contributed by atoms with Crippen molar-refractivity contribution in [2.75, 3.05) is 20.1 Å². The molecular formula is C15H19FN4O2. The lowest BCUT2D eigenvalue weighted by molar-refractivity contribution is 0.0945. The zero-order chi connectivity index (χ0) is 16.1. The van der Waals surface area contributed by atoms with Crippen LogP contribution in [0.15, 0.2) is 24.4 Å². The zero-order valence-corrected chi connectivity index (χ0v) is 12.6. The predicted octanol–water partition coefficient (Wildman–Crippen LogP) is 1.36. The van der Waals surface area contributed by atoms with E-state index in [9.17, 15) is 14.3 Å². The van der Waals surface area contributed by atoms with Gasteiger partial charge in [-0.25, -0.2) is 9.07 Å². The van der Waals surface area contributed by atoms with Gasteiger partial charge in [-0.1, -0.05) is 0 Å². The van der Waals surface area contributed by atoms with Gasteiger partial charge in [0.1, 0.15) is 5.82 Å². The normalized spacial score (nSPS) is 10.7. The van der Waals surface area contributed by atoms with Gasteiger partial charge in [0.2, 0.25) is 0 Å². The van der Waals surface area contributed by atoms with E-state index in [0.29, 0.717) is 17.8 Å². The Labute approximate surface area is 128 Å². The number of aromatic hydroxyl groups is 1. The van der Waals surface area contributed by atoms with Crippen LogP contribution in [0.2, 0.25) is 0 Å². The van der Waals surface area contributed by atoms with E-state index in [-0.39, 0.29) is 17.3 Å². The van der Waals surface area contributed by atoms with Gasteiger partial charge in [0.25, 0.3) is 5.91 Å². The first kappa shape index (κ1) is 16.0. The van der Waals surface area contributed by atoms with Gasteiger partial charge in [-0.15, -0.1) is 0 Å². The van der Waals surface area contributed by atoms with Gasteiger partial charge in [0.05, 0.1) is 11.9 Å². The maximum absolute atomic E-state index is 13.1. The maximum atomic E-state index is 13.1. The first-order valence-electron chi connectivity index (χ1n) is 7.01. The van der Waals surface area contributed by atoms with Crippen molar-refractivity contribution in [3.05, 3.63) is 41.5 Å². The quantitative estimate of drug-likeness (QED) is 0.704. The number of halogens is 1. The topological polar surface area (TPSA) is 79.2 Å². The zero-order valence-electron chi connectivity index (χ0n) is 12.6. The number of aryl methyl sites for hydroxylation is 1. The van der Waals surface area contributed by atoms with Crippen LogP contribution in [0.25, 0.3) is 5.69 Å². The third-order valence-corrected chi connectivity index (χ3v) is 3.20. The molecule has 3 N–H and O–H groups in total. The van der Waals surface area contributed by atoms with Crippen molar-refractivity contribution in [2.45, 2.75) is 13.3 Å². The molecule has 118 valence electrons. The average molecular weight is 306 g/mol. The van der Waals surface area contributed by atoms with Crippen molar-refractivity contribution in [2.24, 2.45) is 0 Å². The number of carbonyl (C=O) groups excluding carboxylic acids is 1. The van der Waals surface area contributed by atoms with E-state index in [0.717, 1.165) is 13.0 Å². The third-order valence-electron chi connectivity index (χ3n) is 3.20. The molecule has 0 aliphatic heterocycles. The number of hydrogen-bond acceptors (Lipinski definition) is 4. The van der Waals surface area contributed by atoms with E-state index in [2.05, 4.69) is 15.7 Å². The lowest BCUT2D eigenvalue weighted by atomic mass is 10.2. The molecule has 2 aromatic rings. The fourth-order valence-corrected chi connectivity index (χ4v) is 2.08. The smallest absolute Gasteiger partial charge is 0.275 e. The summed E-state index contributed by atoms with van der Waals surface area (Å²) in [6.07, 6.45) is 2.11. The first-order chi connectivity index (χ1) is 10.5. The second-order valence-corrected chi connectivity index (χ2v) is 4.95. The predicted molar refractivity (Wildman–Crippen MR) is 80.8 cm³/mol. The van der Waals surface area contributed by atoms with Crippen molar-refractivity contribution in [3.8, 4) is 11.4 Å². The second kappa shape index (κ2) is 7.04. The molecule has 0 atom stereocenters. The highest BCUT2D eigenvalue weighted by molar-refractivity contribution is 5.94. The molecule has 0 unspecified atom stereocenters. The van der Waals surface area contributed by atoms with Crippen LogP contribution in [0.5, 0.6) is 5.75 Å². The summed E-state index contributed by atoms with van der Waals surface area (Å²) in [4.78, 5) is 12.0. The minimum absolute atomic E-state index is 0.0480. The van der Waals surface area contributed by atoms with Crippen LogP contribution in [-0.2, 0) is 0 Å². The molecule has 0 bridgehead atoms. The molecule has 0 spiro atoms. The summed E-state index contributed by atoms with van der Waals surface area (Å²) in [5, 5.41) is 19.6. The van der Waals surface area contributed by atoms with E-state index in [1.807, 2.05) is 7.05 Å². The van der Waals surface area contributed by atoms with Gasteiger partial charge in [-0.2, -0.15) is 5.10 Å². The molecule has 0 saturated carbocycles. The van der Waals surface area contributed by atoms with E-state index in [1.165, 1.54) is 23.0 Å². The molecule has 0 radical (unpaired) electrons. The van der Waals surface area contributed by atoms with Crippen molar-refractivity contribution in [1.29, 1.82) is 0 Å². The monoisotopic (exact) mass is 306 g/mol. The molecule has 0 saturated heterocycles. The van der Waals surface area contributed by atoms with Crippen molar-refractivity contribution in [1.82, 2.24) is 20.4 Å². The van der Waals surface area contributed by atoms with E-state index in [4.69, 9.17) is 0 Å². The van der Waals surface area contributed by atoms with Gasteiger partial charge >= 0.3 is 0 Å². The van der Waals surface area contributed by atoms with Gasteiger partial charge in [0, 0.05) is 6.54 Å². The molecule has 6 nitrogen and oxygen atoms in total. The summed E-state index contributed by atoms with van der Waals surface area (Å²) >= 11 is 0. The number of amides is 1. The molecule has 1 heterocycles. The number of nitrogens with zero attached hydrogens (tertiary/aromatic N) is 2. The van der Waals surface area contributed by atoms with Crippen LogP contribution in [0.4, 0.5) is 4.39 Å². The van der Waals surface area contributed by atoms with Crippen molar-refractivity contribution in [3.63, 3.8) is 0 Å². The van der Waals surface area contributed by atoms with Crippen LogP contribution < -0.4 is 10.6 Å².